The molecule has 0 amide bonds. The maximum atomic E-state index is 13.5. The minimum Gasteiger partial charge on any atom is -0.494 e. The number of thiazole rings is 1. The average Bonchev–Trinajstić information content (AvgIpc) is 3.72. The van der Waals surface area contributed by atoms with Gasteiger partial charge in [-0.05, 0) is 132 Å². The molecule has 64 heavy (non-hydrogen) atoms. The third-order valence-electron chi connectivity index (χ3n) is 10.2. The van der Waals surface area contributed by atoms with E-state index in [1.54, 1.807) is 41.4 Å². The summed E-state index contributed by atoms with van der Waals surface area (Å²) in [6.45, 7) is 26.1. The molecule has 1 saturated carbocycles. The van der Waals surface area contributed by atoms with Gasteiger partial charge in [0, 0.05) is 11.6 Å². The van der Waals surface area contributed by atoms with Gasteiger partial charge >= 0.3 is 23.9 Å². The van der Waals surface area contributed by atoms with E-state index in [1.807, 2.05) is 37.3 Å². The van der Waals surface area contributed by atoms with E-state index in [0.717, 1.165) is 43.1 Å². The SMILES string of the molecule is C=CC(=O)OCCCCCCOc1ccc(C(=O)OC2CCC(C(=O)OC(=C)/C=C(/C=N/N(c3ccccc3)c3nc(C=C)c(C=C)s3)C(=C)C(=O)O[C@@H](C)CCC(C)C)CC2)cc1. The smallest absolute Gasteiger partial charge is 0.338 e. The summed E-state index contributed by atoms with van der Waals surface area (Å²) in [5.41, 5.74) is 1.98. The van der Waals surface area contributed by atoms with Gasteiger partial charge in [-0.25, -0.2) is 24.4 Å². The highest BCUT2D eigenvalue weighted by atomic mass is 32.1. The molecule has 0 spiro atoms. The van der Waals surface area contributed by atoms with Gasteiger partial charge in [-0.3, -0.25) is 4.79 Å². The van der Waals surface area contributed by atoms with Crippen LogP contribution in [-0.2, 0) is 33.3 Å². The quantitative estimate of drug-likeness (QED) is 0.0111. The van der Waals surface area contributed by atoms with E-state index < -0.39 is 29.8 Å². The number of para-hydroxylation sites is 1. The fraction of sp³-hybridized carbons (Fsp3) is 0.373. The van der Waals surface area contributed by atoms with Crippen LogP contribution < -0.4 is 9.75 Å². The Hall–Kier alpha value is -6.34. The predicted molar refractivity (Wildman–Crippen MR) is 254 cm³/mol. The lowest BCUT2D eigenvalue weighted by molar-refractivity contribution is -0.145. The van der Waals surface area contributed by atoms with Gasteiger partial charge in [-0.15, -0.1) is 0 Å². The molecule has 2 aromatic carbocycles. The topological polar surface area (TPSA) is 143 Å². The monoisotopic (exact) mass is 891 g/mol. The summed E-state index contributed by atoms with van der Waals surface area (Å²) in [4.78, 5) is 56.5. The summed E-state index contributed by atoms with van der Waals surface area (Å²) in [5, 5.41) is 6.90. The van der Waals surface area contributed by atoms with Gasteiger partial charge in [-0.2, -0.15) is 5.10 Å². The Labute approximate surface area is 381 Å². The molecule has 1 fully saturated rings. The van der Waals surface area contributed by atoms with Crippen LogP contribution in [0.1, 0.15) is 106 Å². The van der Waals surface area contributed by atoms with Gasteiger partial charge in [0.15, 0.2) is 0 Å². The van der Waals surface area contributed by atoms with E-state index in [-0.39, 0.29) is 29.1 Å². The molecule has 1 atom stereocenters. The number of allylic oxidation sites excluding steroid dienone is 1. The Balaban J connectivity index is 1.35. The van der Waals surface area contributed by atoms with E-state index in [0.29, 0.717) is 79.1 Å². The number of anilines is 2. The fourth-order valence-electron chi connectivity index (χ4n) is 6.55. The number of ether oxygens (including phenoxy) is 5. The highest BCUT2D eigenvalue weighted by molar-refractivity contribution is 7.16. The van der Waals surface area contributed by atoms with Gasteiger partial charge < -0.3 is 23.7 Å². The molecule has 0 bridgehead atoms. The summed E-state index contributed by atoms with van der Waals surface area (Å²) < 4.78 is 28.1. The van der Waals surface area contributed by atoms with Gasteiger partial charge in [0.25, 0.3) is 0 Å². The fourth-order valence-corrected chi connectivity index (χ4v) is 7.45. The van der Waals surface area contributed by atoms with Crippen molar-refractivity contribution in [2.24, 2.45) is 16.9 Å². The van der Waals surface area contributed by atoms with E-state index in [1.165, 1.54) is 23.6 Å². The summed E-state index contributed by atoms with van der Waals surface area (Å²) in [6, 6.07) is 16.2. The lowest BCUT2D eigenvalue weighted by Crippen LogP contribution is -2.28. The van der Waals surface area contributed by atoms with Crippen LogP contribution in [0.3, 0.4) is 0 Å². The number of nitrogens with zero attached hydrogens (tertiary/aromatic N) is 3. The van der Waals surface area contributed by atoms with Crippen molar-refractivity contribution in [1.82, 2.24) is 4.98 Å². The van der Waals surface area contributed by atoms with Crippen molar-refractivity contribution in [2.75, 3.05) is 18.2 Å². The molecule has 340 valence electrons. The summed E-state index contributed by atoms with van der Waals surface area (Å²) in [6.07, 6.45) is 13.6. The highest BCUT2D eigenvalue weighted by Crippen LogP contribution is 2.34. The van der Waals surface area contributed by atoms with E-state index >= 15 is 0 Å². The lowest BCUT2D eigenvalue weighted by atomic mass is 9.87. The molecule has 0 N–H and O–H groups in total. The zero-order valence-corrected chi connectivity index (χ0v) is 38.2. The van der Waals surface area contributed by atoms with Crippen molar-refractivity contribution in [3.8, 4) is 5.75 Å². The molecule has 0 saturated heterocycles. The second-order valence-electron chi connectivity index (χ2n) is 15.7. The standard InChI is InChI=1S/C51H61N3O9S/c1-9-45-46(10-2)64-51(53-45)54(42-19-15-14-16-20-42)52-34-41(38(8)48(56)61-36(6)22-21-35(4)5)33-37(7)62-49(57)39-25-29-44(30-26-39)63-50(58)40-23-27-43(28-24-40)59-31-17-12-13-18-32-60-47(55)11-3/h9-11,14-16,19-20,23-24,27-28,33-36,39,44H,1-3,7-8,12-13,17-18,21-22,25-26,29-32H2,4-6H3/b41-33-,52-34+/t36-,39?,44?/m0/s1. The van der Waals surface area contributed by atoms with Crippen molar-refractivity contribution < 1.29 is 42.9 Å². The normalized spacial score (nSPS) is 15.4. The van der Waals surface area contributed by atoms with Crippen LogP contribution >= 0.6 is 11.3 Å². The summed E-state index contributed by atoms with van der Waals surface area (Å²) in [5.74, 6) is -1.35. The first-order valence-corrected chi connectivity index (χ1v) is 22.5. The van der Waals surface area contributed by atoms with Crippen LogP contribution in [0.15, 0.2) is 122 Å². The van der Waals surface area contributed by atoms with Crippen LogP contribution in [0, 0.1) is 11.8 Å². The Morgan fingerprint density at radius 1 is 0.875 bits per heavy atom. The number of rotatable bonds is 26. The molecule has 1 aromatic heterocycles. The first kappa shape index (κ1) is 50.3. The maximum Gasteiger partial charge on any atom is 0.338 e. The largest absolute Gasteiger partial charge is 0.494 e. The number of hydrazone groups is 1. The van der Waals surface area contributed by atoms with Crippen LogP contribution in [0.2, 0.25) is 0 Å². The van der Waals surface area contributed by atoms with Crippen molar-refractivity contribution in [3.05, 3.63) is 133 Å². The lowest BCUT2D eigenvalue weighted by Gasteiger charge is -2.27. The molecule has 0 unspecified atom stereocenters. The number of unbranched alkanes of at least 4 members (excludes halogenated alkanes) is 3. The van der Waals surface area contributed by atoms with E-state index in [9.17, 15) is 19.2 Å². The number of aromatic nitrogens is 1. The van der Waals surface area contributed by atoms with Crippen LogP contribution in [0.4, 0.5) is 10.8 Å². The number of carbonyl (C=O) groups is 4. The van der Waals surface area contributed by atoms with Crippen molar-refractivity contribution in [2.45, 2.75) is 97.2 Å². The zero-order valence-electron chi connectivity index (χ0n) is 37.3. The van der Waals surface area contributed by atoms with Crippen molar-refractivity contribution >= 4 is 64.4 Å². The molecule has 0 aliphatic heterocycles. The number of hydrogen-bond acceptors (Lipinski definition) is 13. The molecule has 1 aliphatic rings. The first-order valence-electron chi connectivity index (χ1n) is 21.7. The predicted octanol–water partition coefficient (Wildman–Crippen LogP) is 11.5. The van der Waals surface area contributed by atoms with Crippen LogP contribution in [-0.4, -0.2) is 60.5 Å². The second-order valence-corrected chi connectivity index (χ2v) is 16.7. The zero-order chi connectivity index (χ0) is 46.4. The van der Waals surface area contributed by atoms with Crippen molar-refractivity contribution in [1.29, 1.82) is 0 Å². The third kappa shape index (κ3) is 16.4. The minimum absolute atomic E-state index is 0.00140. The molecular formula is C51H61N3O9S. The minimum atomic E-state index is -0.640. The Morgan fingerprint density at radius 2 is 1.56 bits per heavy atom. The summed E-state index contributed by atoms with van der Waals surface area (Å²) >= 11 is 1.36. The molecule has 12 nitrogen and oxygen atoms in total. The first-order chi connectivity index (χ1) is 30.8. The summed E-state index contributed by atoms with van der Waals surface area (Å²) in [7, 11) is 0. The molecule has 4 rings (SSSR count). The molecule has 13 heteroatoms. The second kappa shape index (κ2) is 26.3. The average molecular weight is 892 g/mol. The third-order valence-corrected chi connectivity index (χ3v) is 11.3. The van der Waals surface area contributed by atoms with Gasteiger partial charge in [0.1, 0.15) is 17.6 Å². The Morgan fingerprint density at radius 3 is 2.19 bits per heavy atom. The van der Waals surface area contributed by atoms with Crippen molar-refractivity contribution in [3.63, 3.8) is 0 Å². The molecule has 1 heterocycles. The van der Waals surface area contributed by atoms with Gasteiger partial charge in [0.2, 0.25) is 5.13 Å². The molecule has 3 aromatic rings. The number of hydrogen-bond donors (Lipinski definition) is 0. The maximum absolute atomic E-state index is 13.5. The van der Waals surface area contributed by atoms with Gasteiger partial charge in [-0.1, -0.05) is 76.3 Å². The number of benzene rings is 2. The Bertz CT molecular complexity index is 2120. The Kier molecular flexibility index (Phi) is 20.7. The molecule has 0 radical (unpaired) electrons. The van der Waals surface area contributed by atoms with Crippen LogP contribution in [0.5, 0.6) is 5.75 Å². The highest BCUT2D eigenvalue weighted by Gasteiger charge is 2.30. The van der Waals surface area contributed by atoms with Crippen LogP contribution in [0.25, 0.3) is 12.2 Å². The molecule has 1 aliphatic carbocycles. The number of esters is 4. The number of carbonyl (C=O) groups excluding carboxylic acids is 4. The van der Waals surface area contributed by atoms with Gasteiger partial charge in [0.05, 0.1) is 58.8 Å². The molecular weight excluding hydrogens is 831 g/mol. The van der Waals surface area contributed by atoms with E-state index in [2.05, 4.69) is 46.7 Å². The van der Waals surface area contributed by atoms with E-state index in [4.69, 9.17) is 33.8 Å².